The number of hydrogen-bond acceptors (Lipinski definition) is 2. The van der Waals surface area contributed by atoms with Gasteiger partial charge in [0, 0.05) is 12.1 Å². The minimum absolute atomic E-state index is 0.592. The summed E-state index contributed by atoms with van der Waals surface area (Å²) in [5.74, 6) is 0.931. The van der Waals surface area contributed by atoms with Crippen LogP contribution in [0.3, 0.4) is 0 Å². The molecule has 82 valence electrons. The van der Waals surface area contributed by atoms with Crippen molar-refractivity contribution in [2.45, 2.75) is 24.4 Å². The van der Waals surface area contributed by atoms with Crippen LogP contribution in [0.5, 0.6) is 0 Å². The third kappa shape index (κ3) is 2.86. The molecule has 3 heteroatoms. The maximum absolute atomic E-state index is 5.98. The highest BCUT2D eigenvalue weighted by atomic mass is 32.1. The van der Waals surface area contributed by atoms with Crippen LogP contribution in [0.1, 0.15) is 23.9 Å². The van der Waals surface area contributed by atoms with E-state index in [2.05, 4.69) is 43.0 Å². The Morgan fingerprint density at radius 1 is 1.27 bits per heavy atom. The molecule has 15 heavy (non-hydrogen) atoms. The minimum atomic E-state index is -1.04. The number of benzene rings is 1. The fourth-order valence-electron chi connectivity index (χ4n) is 2.22. The first-order chi connectivity index (χ1) is 7.42. The van der Waals surface area contributed by atoms with E-state index >= 15 is 0 Å². The van der Waals surface area contributed by atoms with Gasteiger partial charge < -0.3 is 4.43 Å². The fourth-order valence-corrected chi connectivity index (χ4v) is 5.99. The summed E-state index contributed by atoms with van der Waals surface area (Å²) in [6, 6.07) is 12.0. The third-order valence-corrected chi connectivity index (χ3v) is 7.04. The Balaban J connectivity index is 2.09. The molecule has 1 fully saturated rings. The van der Waals surface area contributed by atoms with Crippen molar-refractivity contribution in [3.63, 3.8) is 0 Å². The van der Waals surface area contributed by atoms with Gasteiger partial charge in [0.1, 0.15) is 0 Å². The molecule has 0 aliphatic carbocycles. The Bertz CT molecular complexity index is 285. The molecular formula is C12H18OSSi. The Hall–Kier alpha value is -0.253. The van der Waals surface area contributed by atoms with E-state index < -0.39 is 9.04 Å². The lowest BCUT2D eigenvalue weighted by atomic mass is 10.2. The lowest BCUT2D eigenvalue weighted by Crippen LogP contribution is -2.32. The highest BCUT2D eigenvalue weighted by Gasteiger charge is 2.26. The van der Waals surface area contributed by atoms with Crippen LogP contribution in [-0.4, -0.2) is 21.4 Å². The summed E-state index contributed by atoms with van der Waals surface area (Å²) in [5.41, 5.74) is 2.01. The molecule has 0 amide bonds. The number of rotatable bonds is 3. The lowest BCUT2D eigenvalue weighted by molar-refractivity contribution is 0.281. The molecule has 1 heterocycles. The summed E-state index contributed by atoms with van der Waals surface area (Å²) in [5, 5.41) is 0. The summed E-state index contributed by atoms with van der Waals surface area (Å²) >= 11 is 4.49. The maximum Gasteiger partial charge on any atom is 0.185 e. The van der Waals surface area contributed by atoms with Gasteiger partial charge in [-0.05, 0) is 23.8 Å². The van der Waals surface area contributed by atoms with Gasteiger partial charge in [-0.2, -0.15) is 12.6 Å². The quantitative estimate of drug-likeness (QED) is 0.629. The third-order valence-electron chi connectivity index (χ3n) is 3.09. The first-order valence-corrected chi connectivity index (χ1v) is 8.28. The molecule has 1 aliphatic heterocycles. The van der Waals surface area contributed by atoms with Crippen LogP contribution in [0, 0.1) is 0 Å². The number of thiol groups is 1. The van der Waals surface area contributed by atoms with Crippen LogP contribution in [-0.2, 0) is 4.43 Å². The molecule has 2 rings (SSSR count). The summed E-state index contributed by atoms with van der Waals surface area (Å²) in [6.07, 6.45) is 2.60. The molecule has 2 unspecified atom stereocenters. The average molecular weight is 238 g/mol. The second-order valence-electron chi connectivity index (χ2n) is 4.10. The van der Waals surface area contributed by atoms with E-state index in [1.54, 1.807) is 0 Å². The fraction of sp³-hybridized carbons (Fsp3) is 0.500. The van der Waals surface area contributed by atoms with E-state index in [0.717, 1.165) is 12.4 Å². The zero-order valence-electron chi connectivity index (χ0n) is 8.93. The van der Waals surface area contributed by atoms with E-state index in [1.165, 1.54) is 24.4 Å². The molecule has 1 saturated heterocycles. The summed E-state index contributed by atoms with van der Waals surface area (Å²) in [7, 11) is -1.04. The van der Waals surface area contributed by atoms with Crippen LogP contribution in [0.2, 0.25) is 6.04 Å². The van der Waals surface area contributed by atoms with Gasteiger partial charge in [-0.15, -0.1) is 0 Å². The van der Waals surface area contributed by atoms with Crippen LogP contribution in [0.4, 0.5) is 0 Å². The molecule has 2 atom stereocenters. The Kier molecular flexibility index (Phi) is 4.29. The SMILES string of the molecule is SCC(c1ccccc1)[SiH]1CCCCO1. The normalized spacial score (nSPS) is 23.7. The zero-order valence-corrected chi connectivity index (χ0v) is 11.0. The first-order valence-electron chi connectivity index (χ1n) is 5.69. The smallest absolute Gasteiger partial charge is 0.185 e. The van der Waals surface area contributed by atoms with Crippen molar-refractivity contribution < 1.29 is 4.43 Å². The number of hydrogen-bond donors (Lipinski definition) is 1. The van der Waals surface area contributed by atoms with Gasteiger partial charge in [-0.3, -0.25) is 0 Å². The van der Waals surface area contributed by atoms with Gasteiger partial charge in [-0.1, -0.05) is 36.8 Å². The van der Waals surface area contributed by atoms with Gasteiger partial charge in [0.2, 0.25) is 0 Å². The van der Waals surface area contributed by atoms with Crippen molar-refractivity contribution in [2.24, 2.45) is 0 Å². The van der Waals surface area contributed by atoms with Crippen molar-refractivity contribution in [1.82, 2.24) is 0 Å². The summed E-state index contributed by atoms with van der Waals surface area (Å²) < 4.78 is 5.98. The molecule has 0 saturated carbocycles. The molecule has 0 N–H and O–H groups in total. The van der Waals surface area contributed by atoms with Gasteiger partial charge in [-0.25, -0.2) is 0 Å². The van der Waals surface area contributed by atoms with Crippen molar-refractivity contribution in [1.29, 1.82) is 0 Å². The van der Waals surface area contributed by atoms with Crippen LogP contribution >= 0.6 is 12.6 Å². The van der Waals surface area contributed by atoms with Crippen molar-refractivity contribution >= 4 is 21.7 Å². The zero-order chi connectivity index (χ0) is 10.5. The molecule has 0 bridgehead atoms. The first kappa shape index (κ1) is 11.2. The minimum Gasteiger partial charge on any atom is -0.419 e. The van der Waals surface area contributed by atoms with E-state index in [-0.39, 0.29) is 0 Å². The summed E-state index contributed by atoms with van der Waals surface area (Å²) in [6.45, 7) is 0.980. The van der Waals surface area contributed by atoms with E-state index in [9.17, 15) is 0 Å². The van der Waals surface area contributed by atoms with Crippen LogP contribution in [0.25, 0.3) is 0 Å². The second-order valence-corrected chi connectivity index (χ2v) is 7.26. The Morgan fingerprint density at radius 2 is 2.07 bits per heavy atom. The van der Waals surface area contributed by atoms with E-state index in [4.69, 9.17) is 4.43 Å². The van der Waals surface area contributed by atoms with Gasteiger partial charge in [0.25, 0.3) is 0 Å². The Morgan fingerprint density at radius 3 is 2.67 bits per heavy atom. The lowest BCUT2D eigenvalue weighted by Gasteiger charge is -2.28. The molecular weight excluding hydrogens is 220 g/mol. The monoisotopic (exact) mass is 238 g/mol. The molecule has 1 aromatic carbocycles. The van der Waals surface area contributed by atoms with Gasteiger partial charge >= 0.3 is 0 Å². The van der Waals surface area contributed by atoms with E-state index in [0.29, 0.717) is 5.54 Å². The second kappa shape index (κ2) is 5.73. The predicted molar refractivity (Wildman–Crippen MR) is 70.2 cm³/mol. The van der Waals surface area contributed by atoms with E-state index in [1.807, 2.05) is 0 Å². The molecule has 1 aromatic rings. The highest BCUT2D eigenvalue weighted by Crippen LogP contribution is 2.26. The van der Waals surface area contributed by atoms with Crippen LogP contribution < -0.4 is 0 Å². The molecule has 1 aliphatic rings. The molecule has 1 nitrogen and oxygen atoms in total. The topological polar surface area (TPSA) is 9.23 Å². The summed E-state index contributed by atoms with van der Waals surface area (Å²) in [4.78, 5) is 0. The Labute approximate surface area is 99.0 Å². The van der Waals surface area contributed by atoms with Gasteiger partial charge in [0.05, 0.1) is 0 Å². The largest absolute Gasteiger partial charge is 0.419 e. The van der Waals surface area contributed by atoms with Crippen molar-refractivity contribution in [3.8, 4) is 0 Å². The predicted octanol–water partition coefficient (Wildman–Crippen LogP) is 2.77. The standard InChI is InChI=1S/C12H18OSSi/c14-10-12(11-6-2-1-3-7-11)15-9-5-4-8-13-15/h1-3,6-7,12,14-15H,4-5,8-10H2. The maximum atomic E-state index is 5.98. The van der Waals surface area contributed by atoms with Crippen molar-refractivity contribution in [3.05, 3.63) is 35.9 Å². The van der Waals surface area contributed by atoms with Crippen LogP contribution in [0.15, 0.2) is 30.3 Å². The highest BCUT2D eigenvalue weighted by molar-refractivity contribution is 7.80. The molecule has 0 radical (unpaired) electrons. The molecule has 0 spiro atoms. The van der Waals surface area contributed by atoms with Crippen molar-refractivity contribution in [2.75, 3.05) is 12.4 Å². The molecule has 0 aromatic heterocycles. The van der Waals surface area contributed by atoms with Gasteiger partial charge in [0.15, 0.2) is 9.04 Å². The average Bonchev–Trinajstić information content (AvgIpc) is 2.33.